The molecule has 5 heteroatoms. The van der Waals surface area contributed by atoms with E-state index in [4.69, 9.17) is 15.2 Å². The molecule has 2 aliphatic rings. The van der Waals surface area contributed by atoms with Crippen molar-refractivity contribution in [1.82, 2.24) is 4.90 Å². The van der Waals surface area contributed by atoms with Crippen LogP contribution >= 0.6 is 0 Å². The van der Waals surface area contributed by atoms with Crippen LogP contribution in [0.4, 0.5) is 0 Å². The number of nitrogens with zero attached hydrogens (tertiary/aromatic N) is 1. The van der Waals surface area contributed by atoms with E-state index in [1.165, 1.54) is 6.42 Å². The molecule has 17 heavy (non-hydrogen) atoms. The van der Waals surface area contributed by atoms with Crippen LogP contribution < -0.4 is 5.73 Å². The molecule has 0 unspecified atom stereocenters. The summed E-state index contributed by atoms with van der Waals surface area (Å²) in [6, 6.07) is 0. The number of ether oxygens (including phenoxy) is 2. The van der Waals surface area contributed by atoms with E-state index in [0.29, 0.717) is 32.7 Å². The van der Waals surface area contributed by atoms with E-state index >= 15 is 0 Å². The van der Waals surface area contributed by atoms with Gasteiger partial charge in [0.2, 0.25) is 5.91 Å². The number of hydrogen-bond acceptors (Lipinski definition) is 4. The molecule has 5 nitrogen and oxygen atoms in total. The molecule has 2 fully saturated rings. The van der Waals surface area contributed by atoms with E-state index in [1.807, 2.05) is 4.90 Å². The molecular weight excluding hydrogens is 220 g/mol. The molecule has 2 saturated heterocycles. The maximum atomic E-state index is 12.1. The monoisotopic (exact) mass is 242 g/mol. The normalized spacial score (nSPS) is 30.3. The van der Waals surface area contributed by atoms with E-state index in [0.717, 1.165) is 19.4 Å². The number of morpholine rings is 1. The standard InChI is InChI=1S/C12H22N2O3/c13-8-11-9-14(4-6-17-11)12(15)7-10-3-1-2-5-16-10/h10-11H,1-9,13H2/t10-,11+/m1/s1. The quantitative estimate of drug-likeness (QED) is 0.764. The Bertz CT molecular complexity index is 254. The smallest absolute Gasteiger partial charge is 0.225 e. The average molecular weight is 242 g/mol. The molecule has 0 aromatic heterocycles. The van der Waals surface area contributed by atoms with Gasteiger partial charge >= 0.3 is 0 Å². The Kier molecular flexibility index (Phi) is 4.76. The van der Waals surface area contributed by atoms with Crippen LogP contribution in [0.1, 0.15) is 25.7 Å². The molecule has 98 valence electrons. The van der Waals surface area contributed by atoms with Crippen LogP contribution in [0, 0.1) is 0 Å². The van der Waals surface area contributed by atoms with Crippen molar-refractivity contribution in [3.63, 3.8) is 0 Å². The highest BCUT2D eigenvalue weighted by Gasteiger charge is 2.26. The van der Waals surface area contributed by atoms with Gasteiger partial charge in [-0.15, -0.1) is 0 Å². The van der Waals surface area contributed by atoms with Crippen LogP contribution in [-0.4, -0.2) is 55.9 Å². The van der Waals surface area contributed by atoms with Gasteiger partial charge in [-0.1, -0.05) is 0 Å². The SMILES string of the molecule is NC[C@H]1CN(C(=O)C[C@H]2CCCCO2)CCO1. The largest absolute Gasteiger partial charge is 0.378 e. The Labute approximate surface area is 102 Å². The number of carbonyl (C=O) groups is 1. The van der Waals surface area contributed by atoms with Gasteiger partial charge in [0.05, 0.1) is 25.2 Å². The predicted molar refractivity (Wildman–Crippen MR) is 63.6 cm³/mol. The highest BCUT2D eigenvalue weighted by molar-refractivity contribution is 5.76. The molecule has 0 spiro atoms. The third-order valence-corrected chi connectivity index (χ3v) is 3.43. The van der Waals surface area contributed by atoms with Crippen LogP contribution in [0.3, 0.4) is 0 Å². The Hall–Kier alpha value is -0.650. The second-order valence-corrected chi connectivity index (χ2v) is 4.76. The summed E-state index contributed by atoms with van der Waals surface area (Å²) in [5.74, 6) is 0.179. The van der Waals surface area contributed by atoms with Crippen LogP contribution in [0.25, 0.3) is 0 Å². The first kappa shape index (κ1) is 12.8. The van der Waals surface area contributed by atoms with E-state index < -0.39 is 0 Å². The minimum Gasteiger partial charge on any atom is -0.378 e. The number of carbonyl (C=O) groups excluding carboxylic acids is 1. The summed E-state index contributed by atoms with van der Waals surface area (Å²) < 4.78 is 11.0. The fraction of sp³-hybridized carbons (Fsp3) is 0.917. The molecular formula is C12H22N2O3. The van der Waals surface area contributed by atoms with Crippen molar-refractivity contribution in [2.75, 3.05) is 32.8 Å². The zero-order chi connectivity index (χ0) is 12.1. The second kappa shape index (κ2) is 6.33. The van der Waals surface area contributed by atoms with E-state index in [-0.39, 0.29) is 18.1 Å². The van der Waals surface area contributed by atoms with Crippen molar-refractivity contribution in [1.29, 1.82) is 0 Å². The third kappa shape index (κ3) is 3.66. The topological polar surface area (TPSA) is 64.8 Å². The van der Waals surface area contributed by atoms with Gasteiger partial charge < -0.3 is 20.1 Å². The Morgan fingerprint density at radius 1 is 1.24 bits per heavy atom. The molecule has 2 atom stereocenters. The summed E-state index contributed by atoms with van der Waals surface area (Å²) in [7, 11) is 0. The predicted octanol–water partition coefficient (Wildman–Crippen LogP) is 0.132. The first-order valence-electron chi connectivity index (χ1n) is 6.50. The van der Waals surface area contributed by atoms with E-state index in [2.05, 4.69) is 0 Å². The Morgan fingerprint density at radius 2 is 2.06 bits per heavy atom. The zero-order valence-electron chi connectivity index (χ0n) is 10.3. The number of rotatable bonds is 3. The molecule has 2 N–H and O–H groups in total. The lowest BCUT2D eigenvalue weighted by Crippen LogP contribution is -2.48. The van der Waals surface area contributed by atoms with Crippen LogP contribution in [0.2, 0.25) is 0 Å². The second-order valence-electron chi connectivity index (χ2n) is 4.76. The van der Waals surface area contributed by atoms with Gasteiger partial charge in [0.1, 0.15) is 0 Å². The van der Waals surface area contributed by atoms with Gasteiger partial charge in [-0.2, -0.15) is 0 Å². The lowest BCUT2D eigenvalue weighted by Gasteiger charge is -2.33. The van der Waals surface area contributed by atoms with Crippen molar-refractivity contribution in [2.45, 2.75) is 37.9 Å². The highest BCUT2D eigenvalue weighted by Crippen LogP contribution is 2.17. The summed E-state index contributed by atoms with van der Waals surface area (Å²) in [5, 5.41) is 0. The molecule has 0 bridgehead atoms. The van der Waals surface area contributed by atoms with Gasteiger partial charge in [-0.25, -0.2) is 0 Å². The van der Waals surface area contributed by atoms with Gasteiger partial charge in [0.25, 0.3) is 0 Å². The maximum absolute atomic E-state index is 12.1. The molecule has 2 heterocycles. The lowest BCUT2D eigenvalue weighted by atomic mass is 10.1. The van der Waals surface area contributed by atoms with E-state index in [1.54, 1.807) is 0 Å². The van der Waals surface area contributed by atoms with Gasteiger partial charge in [0.15, 0.2) is 0 Å². The highest BCUT2D eigenvalue weighted by atomic mass is 16.5. The van der Waals surface area contributed by atoms with Crippen molar-refractivity contribution in [3.8, 4) is 0 Å². The molecule has 2 aliphatic heterocycles. The van der Waals surface area contributed by atoms with Crippen LogP contribution in [-0.2, 0) is 14.3 Å². The Morgan fingerprint density at radius 3 is 2.76 bits per heavy atom. The zero-order valence-corrected chi connectivity index (χ0v) is 10.3. The van der Waals surface area contributed by atoms with Gasteiger partial charge in [-0.05, 0) is 19.3 Å². The first-order chi connectivity index (χ1) is 8.29. The Balaban J connectivity index is 1.78. The van der Waals surface area contributed by atoms with Crippen molar-refractivity contribution < 1.29 is 14.3 Å². The van der Waals surface area contributed by atoms with Gasteiger partial charge in [-0.3, -0.25) is 4.79 Å². The molecule has 2 rings (SSSR count). The summed E-state index contributed by atoms with van der Waals surface area (Å²) in [6.45, 7) is 3.18. The summed E-state index contributed by atoms with van der Waals surface area (Å²) >= 11 is 0. The minimum atomic E-state index is -0.0000239. The number of nitrogens with two attached hydrogens (primary N) is 1. The number of amides is 1. The molecule has 0 radical (unpaired) electrons. The lowest BCUT2D eigenvalue weighted by molar-refractivity contribution is -0.142. The molecule has 0 saturated carbocycles. The molecule has 1 amide bonds. The fourth-order valence-corrected chi connectivity index (χ4v) is 2.38. The van der Waals surface area contributed by atoms with Crippen molar-refractivity contribution >= 4 is 5.91 Å². The van der Waals surface area contributed by atoms with Gasteiger partial charge in [0, 0.05) is 26.2 Å². The fourth-order valence-electron chi connectivity index (χ4n) is 2.38. The first-order valence-corrected chi connectivity index (χ1v) is 6.50. The minimum absolute atomic E-state index is 0.0000239. The summed E-state index contributed by atoms with van der Waals surface area (Å²) in [4.78, 5) is 13.9. The molecule has 0 aliphatic carbocycles. The van der Waals surface area contributed by atoms with Crippen molar-refractivity contribution in [3.05, 3.63) is 0 Å². The summed E-state index contributed by atoms with van der Waals surface area (Å²) in [5.41, 5.74) is 5.56. The van der Waals surface area contributed by atoms with Crippen LogP contribution in [0.15, 0.2) is 0 Å². The van der Waals surface area contributed by atoms with Crippen molar-refractivity contribution in [2.24, 2.45) is 5.73 Å². The van der Waals surface area contributed by atoms with E-state index in [9.17, 15) is 4.79 Å². The molecule has 0 aromatic rings. The maximum Gasteiger partial charge on any atom is 0.225 e. The molecule has 0 aromatic carbocycles. The summed E-state index contributed by atoms with van der Waals surface area (Å²) in [6.07, 6.45) is 3.94. The van der Waals surface area contributed by atoms with Crippen LogP contribution in [0.5, 0.6) is 0 Å². The number of hydrogen-bond donors (Lipinski definition) is 1. The third-order valence-electron chi connectivity index (χ3n) is 3.43. The average Bonchev–Trinajstić information content (AvgIpc) is 2.40.